The fourth-order valence-corrected chi connectivity index (χ4v) is 7.54. The van der Waals surface area contributed by atoms with Gasteiger partial charge < -0.3 is 14.4 Å². The number of nitrogens with zero attached hydrogens (tertiary/aromatic N) is 2. The molecule has 0 spiro atoms. The van der Waals surface area contributed by atoms with E-state index in [2.05, 4.69) is 22.5 Å². The molecule has 40 heavy (non-hydrogen) atoms. The van der Waals surface area contributed by atoms with Gasteiger partial charge in [-0.15, -0.1) is 0 Å². The summed E-state index contributed by atoms with van der Waals surface area (Å²) in [6.45, 7) is 1.09. The van der Waals surface area contributed by atoms with Gasteiger partial charge in [0.15, 0.2) is 16.7 Å². The summed E-state index contributed by atoms with van der Waals surface area (Å²) in [5.74, 6) is 1.51. The van der Waals surface area contributed by atoms with E-state index in [1.165, 1.54) is 5.57 Å². The molecular formula is C31H22Cl4N2O2S. The van der Waals surface area contributed by atoms with Crippen molar-refractivity contribution in [1.29, 1.82) is 0 Å². The second kappa shape index (κ2) is 10.7. The molecule has 3 heterocycles. The van der Waals surface area contributed by atoms with Crippen LogP contribution in [0, 0.1) is 0 Å². The van der Waals surface area contributed by atoms with Gasteiger partial charge in [-0.1, -0.05) is 70.3 Å². The van der Waals surface area contributed by atoms with Crippen molar-refractivity contribution in [3.63, 3.8) is 0 Å². The predicted octanol–water partition coefficient (Wildman–Crippen LogP) is 10.1. The summed E-state index contributed by atoms with van der Waals surface area (Å²) in [5.41, 5.74) is 7.36. The molecule has 1 aliphatic carbocycles. The zero-order valence-corrected chi connectivity index (χ0v) is 24.9. The Balaban J connectivity index is 1.37. The molecule has 0 aromatic heterocycles. The van der Waals surface area contributed by atoms with Gasteiger partial charge in [0.25, 0.3) is 0 Å². The molecule has 3 aromatic carbocycles. The molecule has 0 unspecified atom stereocenters. The van der Waals surface area contributed by atoms with Crippen LogP contribution in [0.4, 0.5) is 0 Å². The maximum atomic E-state index is 6.89. The summed E-state index contributed by atoms with van der Waals surface area (Å²) < 4.78 is 11.7. The van der Waals surface area contributed by atoms with Crippen LogP contribution in [0.15, 0.2) is 81.8 Å². The Morgan fingerprint density at radius 1 is 0.850 bits per heavy atom. The van der Waals surface area contributed by atoms with E-state index in [1.54, 1.807) is 17.8 Å². The molecule has 4 nitrogen and oxygen atoms in total. The zero-order chi connectivity index (χ0) is 27.4. The van der Waals surface area contributed by atoms with E-state index in [4.69, 9.17) is 60.9 Å². The molecule has 0 N–H and O–H groups in total. The number of fused-ring (bicyclic) bond motifs is 2. The first-order valence-corrected chi connectivity index (χ1v) is 15.3. The van der Waals surface area contributed by atoms with Crippen LogP contribution in [0.1, 0.15) is 42.0 Å². The summed E-state index contributed by atoms with van der Waals surface area (Å²) in [5, 5.41) is 5.51. The molecule has 0 bridgehead atoms. The average molecular weight is 628 g/mol. The number of hydrogen-bond acceptors (Lipinski definition) is 5. The lowest BCUT2D eigenvalue weighted by atomic mass is 9.82. The van der Waals surface area contributed by atoms with E-state index in [0.717, 1.165) is 69.6 Å². The van der Waals surface area contributed by atoms with Gasteiger partial charge in [-0.05, 0) is 90.1 Å². The smallest absolute Gasteiger partial charge is 0.174 e. The second-order valence-corrected chi connectivity index (χ2v) is 12.4. The van der Waals surface area contributed by atoms with Crippen LogP contribution in [-0.4, -0.2) is 23.3 Å². The van der Waals surface area contributed by atoms with Crippen molar-refractivity contribution in [2.75, 3.05) is 13.2 Å². The van der Waals surface area contributed by atoms with Crippen molar-refractivity contribution in [3.8, 4) is 11.5 Å². The van der Waals surface area contributed by atoms with Gasteiger partial charge in [-0.25, -0.2) is 4.99 Å². The van der Waals surface area contributed by atoms with Gasteiger partial charge in [0.2, 0.25) is 0 Å². The number of hydrogen-bond donors (Lipinski definition) is 0. The van der Waals surface area contributed by atoms with Crippen molar-refractivity contribution in [3.05, 3.63) is 114 Å². The van der Waals surface area contributed by atoms with E-state index in [0.29, 0.717) is 33.3 Å². The van der Waals surface area contributed by atoms with Crippen LogP contribution < -0.4 is 9.47 Å². The number of thioether (sulfide) groups is 1. The number of benzene rings is 3. The van der Waals surface area contributed by atoms with Crippen molar-refractivity contribution in [2.45, 2.75) is 25.3 Å². The summed E-state index contributed by atoms with van der Waals surface area (Å²) in [6, 6.07) is 17.3. The third kappa shape index (κ3) is 4.72. The summed E-state index contributed by atoms with van der Waals surface area (Å²) >= 11 is 27.6. The minimum Gasteiger partial charge on any atom is -0.486 e. The first-order chi connectivity index (χ1) is 19.5. The van der Waals surface area contributed by atoms with Gasteiger partial charge in [0, 0.05) is 31.1 Å². The number of amidine groups is 1. The minimum absolute atomic E-state index is 0.147. The molecule has 0 saturated carbocycles. The summed E-state index contributed by atoms with van der Waals surface area (Å²) in [4.78, 5) is 7.54. The molecule has 0 fully saturated rings. The highest BCUT2D eigenvalue weighted by atomic mass is 35.5. The standard InChI is InChI=1S/C31H22Cl4N2O2S/c32-20-6-4-17(24(34)14-20)12-19-2-1-3-23-29(19)36-31-37(30(23)22-8-7-21(33)15-25(22)35)26(16-40-31)18-5-9-27-28(13-18)39-11-10-38-27/h4-9,12-16,30H,1-3,10-11H2/b19-12+/t30-/m0/s1. The van der Waals surface area contributed by atoms with Crippen molar-refractivity contribution in [1.82, 2.24) is 4.90 Å². The Kier molecular flexibility index (Phi) is 7.05. The molecule has 4 aliphatic rings. The molecular weight excluding hydrogens is 606 g/mol. The van der Waals surface area contributed by atoms with Crippen LogP contribution in [0.25, 0.3) is 11.8 Å². The first-order valence-electron chi connectivity index (χ1n) is 12.9. The highest BCUT2D eigenvalue weighted by Crippen LogP contribution is 2.53. The topological polar surface area (TPSA) is 34.1 Å². The molecule has 7 rings (SSSR count). The molecule has 3 aliphatic heterocycles. The zero-order valence-electron chi connectivity index (χ0n) is 21.1. The van der Waals surface area contributed by atoms with E-state index >= 15 is 0 Å². The molecule has 0 amide bonds. The van der Waals surface area contributed by atoms with Crippen LogP contribution in [0.3, 0.4) is 0 Å². The van der Waals surface area contributed by atoms with Crippen LogP contribution >= 0.6 is 58.2 Å². The Morgan fingerprint density at radius 2 is 1.62 bits per heavy atom. The number of ether oxygens (including phenoxy) is 2. The number of halogens is 4. The van der Waals surface area contributed by atoms with Gasteiger partial charge in [-0.2, -0.15) is 0 Å². The Labute approximate surface area is 256 Å². The van der Waals surface area contributed by atoms with E-state index < -0.39 is 0 Å². The normalized spacial score (nSPS) is 20.8. The number of allylic oxidation sites excluding steroid dienone is 1. The fourth-order valence-electron chi connectivity index (χ4n) is 5.64. The van der Waals surface area contributed by atoms with Crippen LogP contribution in [0.2, 0.25) is 20.1 Å². The largest absolute Gasteiger partial charge is 0.486 e. The Bertz CT molecular complexity index is 1680. The van der Waals surface area contributed by atoms with Gasteiger partial charge >= 0.3 is 0 Å². The molecule has 9 heteroatoms. The fraction of sp³-hybridized carbons (Fsp3) is 0.194. The highest BCUT2D eigenvalue weighted by molar-refractivity contribution is 8.16. The summed E-state index contributed by atoms with van der Waals surface area (Å²) in [7, 11) is 0. The molecule has 0 radical (unpaired) electrons. The van der Waals surface area contributed by atoms with Crippen molar-refractivity contribution < 1.29 is 9.47 Å². The van der Waals surface area contributed by atoms with E-state index in [1.807, 2.05) is 42.5 Å². The lowest BCUT2D eigenvalue weighted by Gasteiger charge is -2.40. The lowest BCUT2D eigenvalue weighted by Crippen LogP contribution is -2.35. The lowest BCUT2D eigenvalue weighted by molar-refractivity contribution is 0.171. The minimum atomic E-state index is -0.147. The predicted molar refractivity (Wildman–Crippen MR) is 167 cm³/mol. The Hall–Kier alpha value is -2.54. The molecule has 0 saturated heterocycles. The van der Waals surface area contributed by atoms with Gasteiger partial charge in [0.05, 0.1) is 17.4 Å². The highest BCUT2D eigenvalue weighted by Gasteiger charge is 2.41. The monoisotopic (exact) mass is 626 g/mol. The van der Waals surface area contributed by atoms with Crippen LogP contribution in [-0.2, 0) is 0 Å². The summed E-state index contributed by atoms with van der Waals surface area (Å²) in [6.07, 6.45) is 4.94. The Morgan fingerprint density at radius 3 is 2.42 bits per heavy atom. The maximum Gasteiger partial charge on any atom is 0.174 e. The molecule has 3 aromatic rings. The maximum absolute atomic E-state index is 6.89. The van der Waals surface area contributed by atoms with Crippen molar-refractivity contribution >= 4 is 75.1 Å². The van der Waals surface area contributed by atoms with Crippen molar-refractivity contribution in [2.24, 2.45) is 4.99 Å². The average Bonchev–Trinajstić information content (AvgIpc) is 3.37. The third-order valence-corrected chi connectivity index (χ3v) is 9.39. The third-order valence-electron chi connectivity index (χ3n) is 7.43. The number of aliphatic imine (C=N–C) groups is 1. The molecule has 202 valence electrons. The van der Waals surface area contributed by atoms with Crippen LogP contribution in [0.5, 0.6) is 11.5 Å². The number of rotatable bonds is 3. The second-order valence-electron chi connectivity index (χ2n) is 9.87. The van der Waals surface area contributed by atoms with E-state index in [-0.39, 0.29) is 6.04 Å². The quantitative estimate of drug-likeness (QED) is 0.289. The van der Waals surface area contributed by atoms with E-state index in [9.17, 15) is 0 Å². The molecule has 1 atom stereocenters. The first kappa shape index (κ1) is 26.4. The van der Waals surface area contributed by atoms with Gasteiger partial charge in [-0.3, -0.25) is 0 Å². The SMILES string of the molecule is Clc1ccc(/C=C2\CCCC3=C2N=C2SC=C(c4ccc5c(c4)OCCO5)N2[C@H]3c2ccc(Cl)cc2Cl)c(Cl)c1. The van der Waals surface area contributed by atoms with Gasteiger partial charge in [0.1, 0.15) is 13.2 Å².